The van der Waals surface area contributed by atoms with Crippen LogP contribution in [0.15, 0.2) is 28.9 Å². The molecular formula is C20H25F3N6O. The minimum Gasteiger partial charge on any atom is -0.492 e. The second-order valence-corrected chi connectivity index (χ2v) is 7.34. The number of aromatic amines is 1. The van der Waals surface area contributed by atoms with Crippen molar-refractivity contribution in [2.75, 3.05) is 32.6 Å². The van der Waals surface area contributed by atoms with E-state index in [2.05, 4.69) is 31.2 Å². The van der Waals surface area contributed by atoms with Crippen molar-refractivity contribution in [3.8, 4) is 5.75 Å². The number of ether oxygens (including phenoxy) is 1. The highest BCUT2D eigenvalue weighted by Gasteiger charge is 2.39. The highest BCUT2D eigenvalue weighted by Crippen LogP contribution is 2.39. The first-order chi connectivity index (χ1) is 14.4. The SMILES string of the molecule is CNc1ccc2c(C3=C(C(F)(F)F)C=NC(NC4CCCNC4)N3)c[nH]c2c1OC. The molecule has 7 nitrogen and oxygen atoms in total. The van der Waals surface area contributed by atoms with Crippen LogP contribution in [0.25, 0.3) is 16.6 Å². The molecule has 0 aliphatic carbocycles. The first-order valence-electron chi connectivity index (χ1n) is 9.86. The molecule has 0 radical (unpaired) electrons. The van der Waals surface area contributed by atoms with Gasteiger partial charge in [-0.15, -0.1) is 0 Å². The summed E-state index contributed by atoms with van der Waals surface area (Å²) >= 11 is 0. The minimum absolute atomic E-state index is 0.00993. The first kappa shape index (κ1) is 20.5. The van der Waals surface area contributed by atoms with Gasteiger partial charge >= 0.3 is 6.18 Å². The quantitative estimate of drug-likeness (QED) is 0.512. The van der Waals surface area contributed by atoms with E-state index in [0.717, 1.165) is 37.8 Å². The summed E-state index contributed by atoms with van der Waals surface area (Å²) in [7, 11) is 3.29. The van der Waals surface area contributed by atoms with Crippen molar-refractivity contribution in [1.82, 2.24) is 20.9 Å². The lowest BCUT2D eigenvalue weighted by Gasteiger charge is -2.31. The van der Waals surface area contributed by atoms with Gasteiger partial charge in [0.15, 0.2) is 12.0 Å². The average molecular weight is 422 g/mol. The number of anilines is 1. The van der Waals surface area contributed by atoms with Crippen molar-refractivity contribution < 1.29 is 17.9 Å². The van der Waals surface area contributed by atoms with E-state index < -0.39 is 18.0 Å². The van der Waals surface area contributed by atoms with Gasteiger partial charge in [0.2, 0.25) is 0 Å². The summed E-state index contributed by atoms with van der Waals surface area (Å²) in [6.45, 7) is 1.71. The van der Waals surface area contributed by atoms with Crippen LogP contribution in [0.2, 0.25) is 0 Å². The number of piperidine rings is 1. The van der Waals surface area contributed by atoms with Gasteiger partial charge in [-0.25, -0.2) is 0 Å². The molecule has 3 heterocycles. The molecule has 2 aliphatic heterocycles. The summed E-state index contributed by atoms with van der Waals surface area (Å²) in [4.78, 5) is 7.14. The standard InChI is InChI=1S/C20H25F3N6O/c1-24-15-6-5-12-13(9-26-17(12)18(15)30-2)16-14(20(21,22)23)10-27-19(29-16)28-11-4-3-7-25-8-11/h5-6,9-11,19,24-26,28-29H,3-4,7-8H2,1-2H3. The zero-order chi connectivity index (χ0) is 21.3. The van der Waals surface area contributed by atoms with E-state index in [9.17, 15) is 13.2 Å². The van der Waals surface area contributed by atoms with Gasteiger partial charge in [-0.1, -0.05) is 0 Å². The number of methoxy groups -OCH3 is 1. The number of nitrogens with one attached hydrogen (secondary N) is 5. The summed E-state index contributed by atoms with van der Waals surface area (Å²) in [5.74, 6) is 0.544. The third kappa shape index (κ3) is 3.84. The highest BCUT2D eigenvalue weighted by molar-refractivity contribution is 6.03. The van der Waals surface area contributed by atoms with E-state index >= 15 is 0 Å². The van der Waals surface area contributed by atoms with Gasteiger partial charge in [0.25, 0.3) is 0 Å². The van der Waals surface area contributed by atoms with Gasteiger partial charge in [0, 0.05) is 43.0 Å². The summed E-state index contributed by atoms with van der Waals surface area (Å²) in [6, 6.07) is 3.70. The molecule has 162 valence electrons. The number of rotatable bonds is 5. The van der Waals surface area contributed by atoms with E-state index in [1.807, 2.05) is 0 Å². The van der Waals surface area contributed by atoms with Crippen LogP contribution in [-0.4, -0.2) is 57.0 Å². The Labute approximate surface area is 172 Å². The topological polar surface area (TPSA) is 85.5 Å². The molecule has 1 saturated heterocycles. The predicted molar refractivity (Wildman–Crippen MR) is 112 cm³/mol. The van der Waals surface area contributed by atoms with Crippen molar-refractivity contribution in [2.45, 2.75) is 31.3 Å². The summed E-state index contributed by atoms with van der Waals surface area (Å²) < 4.78 is 46.8. The van der Waals surface area contributed by atoms with Crippen LogP contribution in [0.4, 0.5) is 18.9 Å². The van der Waals surface area contributed by atoms with Crippen LogP contribution >= 0.6 is 0 Å². The smallest absolute Gasteiger partial charge is 0.419 e. The minimum atomic E-state index is -4.54. The maximum Gasteiger partial charge on any atom is 0.419 e. The molecule has 2 aliphatic rings. The Morgan fingerprint density at radius 3 is 2.77 bits per heavy atom. The number of alkyl halides is 3. The van der Waals surface area contributed by atoms with Gasteiger partial charge in [-0.3, -0.25) is 10.3 Å². The predicted octanol–water partition coefficient (Wildman–Crippen LogP) is 2.79. The van der Waals surface area contributed by atoms with Crippen LogP contribution < -0.4 is 26.0 Å². The lowest BCUT2D eigenvalue weighted by molar-refractivity contribution is -0.0855. The molecule has 1 aromatic heterocycles. The molecule has 2 aromatic rings. The third-order valence-electron chi connectivity index (χ3n) is 5.45. The second kappa shape index (κ2) is 8.19. The number of hydrogen-bond acceptors (Lipinski definition) is 6. The van der Waals surface area contributed by atoms with E-state index in [4.69, 9.17) is 4.74 Å². The summed E-state index contributed by atoms with van der Waals surface area (Å²) in [5, 5.41) is 13.2. The molecule has 0 bridgehead atoms. The van der Waals surface area contributed by atoms with E-state index in [1.54, 1.807) is 25.4 Å². The lowest BCUT2D eigenvalue weighted by Crippen LogP contribution is -2.52. The molecule has 5 N–H and O–H groups in total. The molecule has 0 spiro atoms. The highest BCUT2D eigenvalue weighted by atomic mass is 19.4. The van der Waals surface area contributed by atoms with E-state index in [0.29, 0.717) is 22.2 Å². The maximum atomic E-state index is 13.8. The number of aliphatic imine (C=N–C) groups is 1. The normalized spacial score (nSPS) is 22.3. The summed E-state index contributed by atoms with van der Waals surface area (Å²) in [6.07, 6.45) is -0.734. The molecule has 0 amide bonds. The fraction of sp³-hybridized carbons (Fsp3) is 0.450. The van der Waals surface area contributed by atoms with Crippen molar-refractivity contribution in [1.29, 1.82) is 0 Å². The Hall–Kier alpha value is -2.72. The second-order valence-electron chi connectivity index (χ2n) is 7.34. The van der Waals surface area contributed by atoms with Crippen LogP contribution in [0.1, 0.15) is 18.4 Å². The molecule has 0 saturated carbocycles. The Bertz CT molecular complexity index is 975. The molecule has 2 atom stereocenters. The number of benzene rings is 1. The molecule has 1 fully saturated rings. The number of allylic oxidation sites excluding steroid dienone is 1. The number of hydrogen-bond donors (Lipinski definition) is 5. The maximum absolute atomic E-state index is 13.8. The molecule has 4 rings (SSSR count). The lowest BCUT2D eigenvalue weighted by atomic mass is 10.0. The van der Waals surface area contributed by atoms with Crippen LogP contribution in [-0.2, 0) is 0 Å². The number of halogens is 3. The molecule has 10 heteroatoms. The average Bonchev–Trinajstić information content (AvgIpc) is 3.17. The van der Waals surface area contributed by atoms with Crippen molar-refractivity contribution in [2.24, 2.45) is 4.99 Å². The Morgan fingerprint density at radius 2 is 2.10 bits per heavy atom. The van der Waals surface area contributed by atoms with Crippen molar-refractivity contribution in [3.63, 3.8) is 0 Å². The Morgan fingerprint density at radius 1 is 1.27 bits per heavy atom. The van der Waals surface area contributed by atoms with E-state index in [1.165, 1.54) is 7.11 Å². The Kier molecular flexibility index (Phi) is 5.61. The number of H-pyrrole nitrogens is 1. The van der Waals surface area contributed by atoms with Gasteiger partial charge in [-0.2, -0.15) is 13.2 Å². The van der Waals surface area contributed by atoms with Crippen LogP contribution in [0.5, 0.6) is 5.75 Å². The zero-order valence-corrected chi connectivity index (χ0v) is 16.8. The van der Waals surface area contributed by atoms with Crippen LogP contribution in [0.3, 0.4) is 0 Å². The fourth-order valence-corrected chi connectivity index (χ4v) is 3.99. The van der Waals surface area contributed by atoms with Crippen molar-refractivity contribution in [3.05, 3.63) is 29.5 Å². The number of nitrogens with zero attached hydrogens (tertiary/aromatic N) is 1. The van der Waals surface area contributed by atoms with Gasteiger partial charge in [-0.05, 0) is 31.5 Å². The molecule has 1 aromatic carbocycles. The third-order valence-corrected chi connectivity index (χ3v) is 5.45. The number of fused-ring (bicyclic) bond motifs is 1. The first-order valence-corrected chi connectivity index (χ1v) is 9.86. The van der Waals surface area contributed by atoms with Crippen molar-refractivity contribution >= 4 is 28.5 Å². The molecule has 30 heavy (non-hydrogen) atoms. The van der Waals surface area contributed by atoms with E-state index in [-0.39, 0.29) is 11.7 Å². The van der Waals surface area contributed by atoms with Gasteiger partial charge in [0.1, 0.15) is 0 Å². The largest absolute Gasteiger partial charge is 0.492 e. The Balaban J connectivity index is 1.73. The monoisotopic (exact) mass is 422 g/mol. The fourth-order valence-electron chi connectivity index (χ4n) is 3.99. The number of aromatic nitrogens is 1. The molecular weight excluding hydrogens is 397 g/mol. The summed E-state index contributed by atoms with van der Waals surface area (Å²) in [5.41, 5.74) is 0.965. The van der Waals surface area contributed by atoms with Gasteiger partial charge < -0.3 is 25.7 Å². The zero-order valence-electron chi connectivity index (χ0n) is 16.8. The van der Waals surface area contributed by atoms with Crippen LogP contribution in [0, 0.1) is 0 Å². The molecule has 2 unspecified atom stereocenters. The van der Waals surface area contributed by atoms with Gasteiger partial charge in [0.05, 0.1) is 29.6 Å².